The summed E-state index contributed by atoms with van der Waals surface area (Å²) in [5.74, 6) is 5.51. The second kappa shape index (κ2) is 6.89. The molecule has 0 saturated heterocycles. The van der Waals surface area contributed by atoms with Gasteiger partial charge in [-0.2, -0.15) is 0 Å². The van der Waals surface area contributed by atoms with Gasteiger partial charge in [-0.15, -0.1) is 0 Å². The standard InChI is InChI=1S/C19H18N6O/c20-24-19(26)18-22-15(13-5-2-1-3-6-13)11-17(23-18)25-10-8-14-7-4-9-21-16(14)12-25/h1-7,9,11H,8,10,12,20H2,(H,24,26). The Bertz CT molecular complexity index is 944. The van der Waals surface area contributed by atoms with Crippen LogP contribution in [0.2, 0.25) is 0 Å². The van der Waals surface area contributed by atoms with Gasteiger partial charge in [0.25, 0.3) is 0 Å². The predicted molar refractivity (Wildman–Crippen MR) is 98.1 cm³/mol. The summed E-state index contributed by atoms with van der Waals surface area (Å²) in [7, 11) is 0. The van der Waals surface area contributed by atoms with Crippen molar-refractivity contribution in [3.63, 3.8) is 0 Å². The normalized spacial score (nSPS) is 13.2. The van der Waals surface area contributed by atoms with E-state index in [1.807, 2.05) is 42.5 Å². The summed E-state index contributed by atoms with van der Waals surface area (Å²) in [6.07, 6.45) is 2.68. The van der Waals surface area contributed by atoms with Gasteiger partial charge in [-0.25, -0.2) is 15.8 Å². The molecule has 0 fully saturated rings. The number of benzene rings is 1. The number of hydrogen-bond donors (Lipinski definition) is 2. The third-order valence-electron chi connectivity index (χ3n) is 4.42. The number of carbonyl (C=O) groups is 1. The molecule has 1 aliphatic rings. The van der Waals surface area contributed by atoms with E-state index in [0.29, 0.717) is 18.1 Å². The molecule has 0 aliphatic carbocycles. The van der Waals surface area contributed by atoms with Crippen molar-refractivity contribution in [2.45, 2.75) is 13.0 Å². The molecular weight excluding hydrogens is 328 g/mol. The van der Waals surface area contributed by atoms with Crippen LogP contribution in [0.5, 0.6) is 0 Å². The first-order valence-corrected chi connectivity index (χ1v) is 8.38. The Morgan fingerprint density at radius 3 is 2.77 bits per heavy atom. The van der Waals surface area contributed by atoms with Crippen molar-refractivity contribution in [3.8, 4) is 11.3 Å². The van der Waals surface area contributed by atoms with Crippen molar-refractivity contribution in [1.29, 1.82) is 0 Å². The van der Waals surface area contributed by atoms with E-state index in [2.05, 4.69) is 31.3 Å². The molecule has 4 rings (SSSR count). The van der Waals surface area contributed by atoms with Gasteiger partial charge in [-0.1, -0.05) is 36.4 Å². The van der Waals surface area contributed by atoms with Crippen molar-refractivity contribution in [2.75, 3.05) is 11.4 Å². The van der Waals surface area contributed by atoms with E-state index in [9.17, 15) is 4.79 Å². The van der Waals surface area contributed by atoms with Gasteiger partial charge in [0.15, 0.2) is 0 Å². The highest BCUT2D eigenvalue weighted by molar-refractivity contribution is 5.91. The smallest absolute Gasteiger partial charge is 0.303 e. The van der Waals surface area contributed by atoms with Crippen LogP contribution in [0.15, 0.2) is 54.7 Å². The summed E-state index contributed by atoms with van der Waals surface area (Å²) in [4.78, 5) is 27.4. The number of rotatable bonds is 3. The highest BCUT2D eigenvalue weighted by Gasteiger charge is 2.21. The van der Waals surface area contributed by atoms with Crippen LogP contribution in [0, 0.1) is 0 Å². The molecule has 0 radical (unpaired) electrons. The molecule has 0 spiro atoms. The average Bonchev–Trinajstić information content (AvgIpc) is 2.73. The summed E-state index contributed by atoms with van der Waals surface area (Å²) >= 11 is 0. The Balaban J connectivity index is 1.75. The molecule has 1 aromatic carbocycles. The van der Waals surface area contributed by atoms with Gasteiger partial charge >= 0.3 is 5.91 Å². The van der Waals surface area contributed by atoms with Gasteiger partial charge in [-0.3, -0.25) is 15.2 Å². The number of anilines is 1. The zero-order valence-corrected chi connectivity index (χ0v) is 14.1. The van der Waals surface area contributed by atoms with Gasteiger partial charge in [0.05, 0.1) is 17.9 Å². The van der Waals surface area contributed by atoms with Crippen LogP contribution in [0.4, 0.5) is 5.82 Å². The predicted octanol–water partition coefficient (Wildman–Crippen LogP) is 1.70. The van der Waals surface area contributed by atoms with E-state index in [1.54, 1.807) is 6.20 Å². The molecule has 3 aromatic rings. The summed E-state index contributed by atoms with van der Waals surface area (Å²) in [5, 5.41) is 0. The average molecular weight is 346 g/mol. The molecular formula is C19H18N6O. The van der Waals surface area contributed by atoms with Crippen LogP contribution < -0.4 is 16.2 Å². The molecule has 0 atom stereocenters. The van der Waals surface area contributed by atoms with Crippen molar-refractivity contribution in [2.24, 2.45) is 5.84 Å². The Hall–Kier alpha value is -3.32. The number of carbonyl (C=O) groups excluding carboxylic acids is 1. The molecule has 130 valence electrons. The fourth-order valence-electron chi connectivity index (χ4n) is 3.07. The number of nitrogens with one attached hydrogen (secondary N) is 1. The van der Waals surface area contributed by atoms with E-state index >= 15 is 0 Å². The number of hydrazine groups is 1. The van der Waals surface area contributed by atoms with Gasteiger partial charge in [0, 0.05) is 24.4 Å². The molecule has 7 nitrogen and oxygen atoms in total. The monoisotopic (exact) mass is 346 g/mol. The van der Waals surface area contributed by atoms with E-state index in [4.69, 9.17) is 5.84 Å². The van der Waals surface area contributed by atoms with Crippen LogP contribution in [0.3, 0.4) is 0 Å². The molecule has 3 heterocycles. The van der Waals surface area contributed by atoms with Gasteiger partial charge in [0.1, 0.15) is 5.82 Å². The fraction of sp³-hybridized carbons (Fsp3) is 0.158. The fourth-order valence-corrected chi connectivity index (χ4v) is 3.07. The quantitative estimate of drug-likeness (QED) is 0.426. The highest BCUT2D eigenvalue weighted by Crippen LogP contribution is 2.25. The first kappa shape index (κ1) is 16.2. The molecule has 0 bridgehead atoms. The number of nitrogens with two attached hydrogens (primary N) is 1. The minimum Gasteiger partial charge on any atom is -0.350 e. The minimum atomic E-state index is -0.514. The topological polar surface area (TPSA) is 97.0 Å². The second-order valence-corrected chi connectivity index (χ2v) is 6.06. The summed E-state index contributed by atoms with van der Waals surface area (Å²) in [6.45, 7) is 1.44. The van der Waals surface area contributed by atoms with Crippen molar-refractivity contribution >= 4 is 11.7 Å². The molecule has 1 amide bonds. The van der Waals surface area contributed by atoms with Crippen molar-refractivity contribution < 1.29 is 4.79 Å². The largest absolute Gasteiger partial charge is 0.350 e. The van der Waals surface area contributed by atoms with Crippen LogP contribution in [0.25, 0.3) is 11.3 Å². The lowest BCUT2D eigenvalue weighted by atomic mass is 10.1. The first-order valence-electron chi connectivity index (χ1n) is 8.38. The minimum absolute atomic E-state index is 0.0515. The zero-order chi connectivity index (χ0) is 17.9. The molecule has 0 saturated carbocycles. The number of nitrogens with zero attached hydrogens (tertiary/aromatic N) is 4. The number of hydrogen-bond acceptors (Lipinski definition) is 6. The van der Waals surface area contributed by atoms with Crippen LogP contribution in [-0.4, -0.2) is 27.4 Å². The highest BCUT2D eigenvalue weighted by atomic mass is 16.2. The zero-order valence-electron chi connectivity index (χ0n) is 14.1. The first-order chi connectivity index (χ1) is 12.7. The third kappa shape index (κ3) is 3.12. The number of pyridine rings is 1. The van der Waals surface area contributed by atoms with E-state index in [0.717, 1.165) is 24.2 Å². The van der Waals surface area contributed by atoms with Gasteiger partial charge in [-0.05, 0) is 18.1 Å². The van der Waals surface area contributed by atoms with Crippen molar-refractivity contribution in [1.82, 2.24) is 20.4 Å². The Morgan fingerprint density at radius 1 is 1.12 bits per heavy atom. The molecule has 1 aliphatic heterocycles. The van der Waals surface area contributed by atoms with Gasteiger partial charge in [0.2, 0.25) is 5.82 Å². The third-order valence-corrected chi connectivity index (χ3v) is 4.42. The molecule has 26 heavy (non-hydrogen) atoms. The number of aromatic nitrogens is 3. The van der Waals surface area contributed by atoms with E-state index in [-0.39, 0.29) is 5.82 Å². The SMILES string of the molecule is NNC(=O)c1nc(-c2ccccc2)cc(N2CCc3cccnc3C2)n1. The maximum Gasteiger partial charge on any atom is 0.303 e. The van der Waals surface area contributed by atoms with Gasteiger partial charge < -0.3 is 4.90 Å². The molecule has 0 unspecified atom stereocenters. The Morgan fingerprint density at radius 2 is 1.96 bits per heavy atom. The van der Waals surface area contributed by atoms with Crippen LogP contribution in [-0.2, 0) is 13.0 Å². The van der Waals surface area contributed by atoms with E-state index < -0.39 is 5.91 Å². The summed E-state index contributed by atoms with van der Waals surface area (Å²) < 4.78 is 0. The van der Waals surface area contributed by atoms with Crippen molar-refractivity contribution in [3.05, 3.63) is 71.8 Å². The van der Waals surface area contributed by atoms with E-state index in [1.165, 1.54) is 5.56 Å². The molecule has 2 aromatic heterocycles. The van der Waals surface area contributed by atoms with Crippen LogP contribution in [0.1, 0.15) is 21.9 Å². The second-order valence-electron chi connectivity index (χ2n) is 6.06. The number of amides is 1. The molecule has 7 heteroatoms. The summed E-state index contributed by atoms with van der Waals surface area (Å²) in [5.41, 5.74) is 5.99. The number of nitrogen functional groups attached to an aromatic ring is 1. The lowest BCUT2D eigenvalue weighted by Crippen LogP contribution is -2.34. The lowest BCUT2D eigenvalue weighted by molar-refractivity contribution is 0.0943. The lowest BCUT2D eigenvalue weighted by Gasteiger charge is -2.29. The summed E-state index contributed by atoms with van der Waals surface area (Å²) in [6, 6.07) is 15.6. The molecule has 3 N–H and O–H groups in total. The Kier molecular flexibility index (Phi) is 4.28. The van der Waals surface area contributed by atoms with Crippen LogP contribution >= 0.6 is 0 Å². The maximum atomic E-state index is 12.0. The maximum absolute atomic E-state index is 12.0. The number of fused-ring (bicyclic) bond motifs is 1. The Labute approximate surface area is 150 Å².